The maximum atomic E-state index is 12.2. The van der Waals surface area contributed by atoms with E-state index in [1.165, 1.54) is 18.9 Å². The minimum Gasteiger partial charge on any atom is -0.494 e. The van der Waals surface area contributed by atoms with E-state index in [0.717, 1.165) is 22.3 Å². The van der Waals surface area contributed by atoms with Crippen molar-refractivity contribution in [3.05, 3.63) is 54.1 Å². The first-order chi connectivity index (χ1) is 11.7. The molecular formula is C18H18N2O3S. The number of imidazole rings is 1. The number of hydrogen-bond acceptors (Lipinski definition) is 5. The van der Waals surface area contributed by atoms with Gasteiger partial charge < -0.3 is 14.5 Å². The number of nitrogens with one attached hydrogen (secondary N) is 1. The molecule has 1 atom stereocenters. The van der Waals surface area contributed by atoms with Crippen LogP contribution in [0.1, 0.15) is 17.7 Å². The summed E-state index contributed by atoms with van der Waals surface area (Å²) in [5.41, 5.74) is 2.59. The van der Waals surface area contributed by atoms with Gasteiger partial charge in [0.1, 0.15) is 11.0 Å². The van der Waals surface area contributed by atoms with Gasteiger partial charge in [0.2, 0.25) is 0 Å². The van der Waals surface area contributed by atoms with Crippen molar-refractivity contribution in [3.8, 4) is 5.75 Å². The summed E-state index contributed by atoms with van der Waals surface area (Å²) in [4.78, 5) is 19.9. The van der Waals surface area contributed by atoms with Crippen molar-refractivity contribution in [2.24, 2.45) is 0 Å². The van der Waals surface area contributed by atoms with Crippen LogP contribution in [-0.2, 0) is 9.53 Å². The van der Waals surface area contributed by atoms with Gasteiger partial charge in [-0.05, 0) is 24.6 Å². The number of hydrogen-bond donors (Lipinski definition) is 1. The number of rotatable bonds is 6. The molecule has 1 N–H and O–H groups in total. The second-order valence-corrected chi connectivity index (χ2v) is 6.18. The number of carbonyl (C=O) groups is 1. The van der Waals surface area contributed by atoms with E-state index < -0.39 is 5.25 Å². The Hall–Kier alpha value is -2.47. The number of fused-ring (bicyclic) bond motifs is 1. The number of H-pyrrole nitrogens is 1. The third-order valence-electron chi connectivity index (χ3n) is 3.49. The molecule has 0 saturated carbocycles. The van der Waals surface area contributed by atoms with Crippen molar-refractivity contribution in [2.75, 3.05) is 13.7 Å². The summed E-state index contributed by atoms with van der Waals surface area (Å²) in [6, 6.07) is 15.2. The number of ether oxygens (including phenoxy) is 2. The van der Waals surface area contributed by atoms with Crippen molar-refractivity contribution in [2.45, 2.75) is 17.3 Å². The highest BCUT2D eigenvalue weighted by Crippen LogP contribution is 2.35. The van der Waals surface area contributed by atoms with Gasteiger partial charge in [-0.25, -0.2) is 4.98 Å². The molecule has 6 heteroatoms. The molecule has 1 heterocycles. The normalized spacial score (nSPS) is 12.1. The second-order valence-electron chi connectivity index (χ2n) is 5.09. The Bertz CT molecular complexity index is 833. The molecular weight excluding hydrogens is 324 g/mol. The van der Waals surface area contributed by atoms with Crippen molar-refractivity contribution in [1.29, 1.82) is 0 Å². The van der Waals surface area contributed by atoms with Gasteiger partial charge in [-0.1, -0.05) is 42.1 Å². The highest BCUT2D eigenvalue weighted by atomic mass is 32.2. The molecule has 0 aliphatic rings. The van der Waals surface area contributed by atoms with Crippen molar-refractivity contribution < 1.29 is 14.3 Å². The van der Waals surface area contributed by atoms with E-state index in [0.29, 0.717) is 11.8 Å². The standard InChI is InChI=1S/C18H18N2O3S/c1-3-23-13-9-10-14-15(11-13)20-18(19-14)24-16(17(21)22-2)12-7-5-4-6-8-12/h4-11,16H,3H2,1-2H3,(H,19,20). The molecule has 3 aromatic rings. The molecule has 124 valence electrons. The molecule has 5 nitrogen and oxygen atoms in total. The molecule has 0 bridgehead atoms. The van der Waals surface area contributed by atoms with Crippen LogP contribution >= 0.6 is 11.8 Å². The monoisotopic (exact) mass is 342 g/mol. The van der Waals surface area contributed by atoms with Gasteiger partial charge in [-0.2, -0.15) is 0 Å². The van der Waals surface area contributed by atoms with Crippen molar-refractivity contribution in [3.63, 3.8) is 0 Å². The third-order valence-corrected chi connectivity index (χ3v) is 4.61. The fourth-order valence-electron chi connectivity index (χ4n) is 2.38. The maximum absolute atomic E-state index is 12.2. The Labute approximate surface area is 144 Å². The molecule has 1 aromatic heterocycles. The number of carbonyl (C=O) groups excluding carboxylic acids is 1. The lowest BCUT2D eigenvalue weighted by Gasteiger charge is -2.12. The number of benzene rings is 2. The predicted molar refractivity (Wildman–Crippen MR) is 94.3 cm³/mol. The minimum absolute atomic E-state index is 0.304. The van der Waals surface area contributed by atoms with E-state index in [1.807, 2.05) is 55.5 Å². The molecule has 3 rings (SSSR count). The number of nitrogens with zero attached hydrogens (tertiary/aromatic N) is 1. The molecule has 0 saturated heterocycles. The zero-order valence-electron chi connectivity index (χ0n) is 13.5. The number of methoxy groups -OCH3 is 1. The van der Waals surface area contributed by atoms with Crippen LogP contribution in [0.25, 0.3) is 11.0 Å². The summed E-state index contributed by atoms with van der Waals surface area (Å²) in [5.74, 6) is 0.486. The van der Waals surface area contributed by atoms with E-state index in [9.17, 15) is 4.79 Å². The van der Waals surface area contributed by atoms with Crippen molar-refractivity contribution in [1.82, 2.24) is 9.97 Å². The lowest BCUT2D eigenvalue weighted by molar-refractivity contribution is -0.140. The lowest BCUT2D eigenvalue weighted by Crippen LogP contribution is -2.11. The fourth-order valence-corrected chi connectivity index (χ4v) is 3.41. The van der Waals surface area contributed by atoms with Crippen LogP contribution in [0.2, 0.25) is 0 Å². The number of aromatic amines is 1. The first kappa shape index (κ1) is 16.4. The van der Waals surface area contributed by atoms with Gasteiger partial charge in [-0.3, -0.25) is 4.79 Å². The molecule has 0 fully saturated rings. The zero-order valence-corrected chi connectivity index (χ0v) is 14.3. The average molecular weight is 342 g/mol. The Morgan fingerprint density at radius 1 is 1.25 bits per heavy atom. The Balaban J connectivity index is 1.89. The Kier molecular flexibility index (Phi) is 5.05. The van der Waals surface area contributed by atoms with E-state index in [1.54, 1.807) is 0 Å². The molecule has 0 amide bonds. The summed E-state index contributed by atoms with van der Waals surface area (Å²) in [7, 11) is 1.39. The number of esters is 1. The van der Waals surface area contributed by atoms with Crippen LogP contribution in [-0.4, -0.2) is 29.7 Å². The largest absolute Gasteiger partial charge is 0.494 e. The van der Waals surface area contributed by atoms with Gasteiger partial charge in [0.15, 0.2) is 5.16 Å². The van der Waals surface area contributed by atoms with Crippen LogP contribution in [0.3, 0.4) is 0 Å². The summed E-state index contributed by atoms with van der Waals surface area (Å²) < 4.78 is 10.4. The molecule has 24 heavy (non-hydrogen) atoms. The van der Waals surface area contributed by atoms with Gasteiger partial charge in [0, 0.05) is 6.07 Å². The SMILES string of the molecule is CCOc1ccc2nc(SC(C(=O)OC)c3ccccc3)[nH]c2c1. The maximum Gasteiger partial charge on any atom is 0.323 e. The van der Waals surface area contributed by atoms with Crippen molar-refractivity contribution >= 4 is 28.8 Å². The molecule has 0 radical (unpaired) electrons. The zero-order chi connectivity index (χ0) is 16.9. The molecule has 0 aliphatic heterocycles. The Morgan fingerprint density at radius 3 is 2.75 bits per heavy atom. The first-order valence-corrected chi connectivity index (χ1v) is 8.51. The third kappa shape index (κ3) is 3.54. The number of aromatic nitrogens is 2. The van der Waals surface area contributed by atoms with Gasteiger partial charge >= 0.3 is 5.97 Å². The highest BCUT2D eigenvalue weighted by Gasteiger charge is 2.24. The lowest BCUT2D eigenvalue weighted by atomic mass is 10.1. The summed E-state index contributed by atoms with van der Waals surface area (Å²) in [5, 5.41) is 0.195. The summed E-state index contributed by atoms with van der Waals surface area (Å²) in [6.07, 6.45) is 0. The van der Waals surface area contributed by atoms with Gasteiger partial charge in [-0.15, -0.1) is 0 Å². The van der Waals surface area contributed by atoms with Crippen LogP contribution in [0.5, 0.6) is 5.75 Å². The smallest absolute Gasteiger partial charge is 0.323 e. The van der Waals surface area contributed by atoms with Crippen LogP contribution in [0, 0.1) is 0 Å². The first-order valence-electron chi connectivity index (χ1n) is 7.63. The minimum atomic E-state index is -0.469. The molecule has 2 aromatic carbocycles. The molecule has 0 aliphatic carbocycles. The summed E-state index contributed by atoms with van der Waals surface area (Å²) >= 11 is 1.34. The highest BCUT2D eigenvalue weighted by molar-refractivity contribution is 8.00. The Morgan fingerprint density at radius 2 is 2.04 bits per heavy atom. The quantitative estimate of drug-likeness (QED) is 0.542. The van der Waals surface area contributed by atoms with E-state index in [-0.39, 0.29) is 5.97 Å². The predicted octanol–water partition coefficient (Wildman–Crippen LogP) is 3.97. The van der Waals surface area contributed by atoms with E-state index >= 15 is 0 Å². The second kappa shape index (κ2) is 7.40. The van der Waals surface area contributed by atoms with Crippen LogP contribution in [0.15, 0.2) is 53.7 Å². The molecule has 1 unspecified atom stereocenters. The molecule has 0 spiro atoms. The fraction of sp³-hybridized carbons (Fsp3) is 0.222. The van der Waals surface area contributed by atoms with Gasteiger partial charge in [0.05, 0.1) is 24.8 Å². The topological polar surface area (TPSA) is 64.2 Å². The van der Waals surface area contributed by atoms with Gasteiger partial charge in [0.25, 0.3) is 0 Å². The van der Waals surface area contributed by atoms with Crippen LogP contribution < -0.4 is 4.74 Å². The van der Waals surface area contributed by atoms with Crippen LogP contribution in [0.4, 0.5) is 0 Å². The average Bonchev–Trinajstić information content (AvgIpc) is 3.02. The summed E-state index contributed by atoms with van der Waals surface area (Å²) in [6.45, 7) is 2.55. The van der Waals surface area contributed by atoms with E-state index in [4.69, 9.17) is 9.47 Å². The number of thioether (sulfide) groups is 1. The van der Waals surface area contributed by atoms with E-state index in [2.05, 4.69) is 9.97 Å².